The molecule has 1 N–H and O–H groups in total. The Balaban J connectivity index is 1.38. The fraction of sp³-hybridized carbons (Fsp3) is 0.423. The van der Waals surface area contributed by atoms with Gasteiger partial charge in [0.25, 0.3) is 5.91 Å². The number of piperazine rings is 1. The van der Waals surface area contributed by atoms with E-state index in [9.17, 15) is 9.59 Å². The van der Waals surface area contributed by atoms with E-state index in [0.29, 0.717) is 25.2 Å². The highest BCUT2D eigenvalue weighted by molar-refractivity contribution is 5.97. The molecular formula is C26H34N6O2. The zero-order valence-electron chi connectivity index (χ0n) is 20.5. The van der Waals surface area contributed by atoms with Crippen molar-refractivity contribution in [1.82, 2.24) is 24.3 Å². The SMILES string of the molecule is CCc1ccc(NC(=O)N2CCN(Cc3nc4cc(C(=O)N(C)C)ccc4n3CC)CC2)cc1. The Kier molecular flexibility index (Phi) is 7.17. The molecule has 1 aliphatic heterocycles. The van der Waals surface area contributed by atoms with Gasteiger partial charge in [-0.1, -0.05) is 19.1 Å². The van der Waals surface area contributed by atoms with Crippen LogP contribution in [0.15, 0.2) is 42.5 Å². The van der Waals surface area contributed by atoms with E-state index in [2.05, 4.69) is 28.6 Å². The van der Waals surface area contributed by atoms with Crippen molar-refractivity contribution in [3.8, 4) is 0 Å². The normalized spacial score (nSPS) is 14.4. The van der Waals surface area contributed by atoms with Crippen LogP contribution >= 0.6 is 0 Å². The van der Waals surface area contributed by atoms with Crippen molar-refractivity contribution in [3.05, 3.63) is 59.4 Å². The third-order valence-corrected chi connectivity index (χ3v) is 6.43. The largest absolute Gasteiger partial charge is 0.345 e. The molecule has 3 aromatic rings. The van der Waals surface area contributed by atoms with Crippen molar-refractivity contribution in [3.63, 3.8) is 0 Å². The zero-order chi connectivity index (χ0) is 24.2. The van der Waals surface area contributed by atoms with Crippen molar-refractivity contribution in [1.29, 1.82) is 0 Å². The number of carbonyl (C=O) groups is 2. The summed E-state index contributed by atoms with van der Waals surface area (Å²) < 4.78 is 2.21. The van der Waals surface area contributed by atoms with Gasteiger partial charge in [0.15, 0.2) is 0 Å². The van der Waals surface area contributed by atoms with E-state index in [1.165, 1.54) is 5.56 Å². The smallest absolute Gasteiger partial charge is 0.321 e. The number of aryl methyl sites for hydroxylation is 2. The number of fused-ring (bicyclic) bond motifs is 1. The number of carbonyl (C=O) groups excluding carboxylic acids is 2. The van der Waals surface area contributed by atoms with Gasteiger partial charge in [0.2, 0.25) is 0 Å². The van der Waals surface area contributed by atoms with Gasteiger partial charge in [0.1, 0.15) is 5.82 Å². The second-order valence-corrected chi connectivity index (χ2v) is 8.92. The molecule has 0 atom stereocenters. The predicted octanol–water partition coefficient (Wildman–Crippen LogP) is 3.67. The average Bonchev–Trinajstić information content (AvgIpc) is 3.20. The summed E-state index contributed by atoms with van der Waals surface area (Å²) in [6, 6.07) is 13.7. The molecule has 180 valence electrons. The summed E-state index contributed by atoms with van der Waals surface area (Å²) >= 11 is 0. The molecule has 4 rings (SSSR count). The van der Waals surface area contributed by atoms with Crippen LogP contribution in [0.25, 0.3) is 11.0 Å². The summed E-state index contributed by atoms with van der Waals surface area (Å²) in [5.74, 6) is 0.964. The molecule has 3 amide bonds. The molecule has 1 aliphatic rings. The van der Waals surface area contributed by atoms with E-state index in [1.807, 2.05) is 47.4 Å². The highest BCUT2D eigenvalue weighted by Gasteiger charge is 2.23. The number of amides is 3. The van der Waals surface area contributed by atoms with Crippen molar-refractivity contribution in [2.75, 3.05) is 45.6 Å². The Labute approximate surface area is 201 Å². The fourth-order valence-corrected chi connectivity index (χ4v) is 4.38. The van der Waals surface area contributed by atoms with E-state index >= 15 is 0 Å². The third kappa shape index (κ3) is 5.07. The number of aromatic nitrogens is 2. The first kappa shape index (κ1) is 23.8. The average molecular weight is 463 g/mol. The summed E-state index contributed by atoms with van der Waals surface area (Å²) in [6.45, 7) is 8.68. The molecule has 0 radical (unpaired) electrons. The molecule has 0 unspecified atom stereocenters. The molecule has 2 heterocycles. The number of nitrogens with one attached hydrogen (secondary N) is 1. The van der Waals surface area contributed by atoms with Crippen LogP contribution in [0.4, 0.5) is 10.5 Å². The molecule has 1 aromatic heterocycles. The predicted molar refractivity (Wildman–Crippen MR) is 135 cm³/mol. The van der Waals surface area contributed by atoms with E-state index in [1.54, 1.807) is 19.0 Å². The molecule has 1 fully saturated rings. The summed E-state index contributed by atoms with van der Waals surface area (Å²) in [4.78, 5) is 35.7. The number of hydrogen-bond acceptors (Lipinski definition) is 4. The maximum absolute atomic E-state index is 12.7. The fourth-order valence-electron chi connectivity index (χ4n) is 4.38. The van der Waals surface area contributed by atoms with Gasteiger partial charge in [-0.05, 0) is 49.2 Å². The Morgan fingerprint density at radius 1 is 1.00 bits per heavy atom. The van der Waals surface area contributed by atoms with Crippen LogP contribution in [0.2, 0.25) is 0 Å². The molecule has 2 aromatic carbocycles. The second kappa shape index (κ2) is 10.3. The van der Waals surface area contributed by atoms with Crippen LogP contribution in [0.3, 0.4) is 0 Å². The van der Waals surface area contributed by atoms with E-state index in [4.69, 9.17) is 4.98 Å². The van der Waals surface area contributed by atoms with Crippen molar-refractivity contribution < 1.29 is 9.59 Å². The summed E-state index contributed by atoms with van der Waals surface area (Å²) in [5.41, 5.74) is 4.61. The number of benzene rings is 2. The quantitative estimate of drug-likeness (QED) is 0.607. The van der Waals surface area contributed by atoms with Gasteiger partial charge in [-0.25, -0.2) is 9.78 Å². The highest BCUT2D eigenvalue weighted by Crippen LogP contribution is 2.21. The van der Waals surface area contributed by atoms with Crippen LogP contribution in [0, 0.1) is 0 Å². The van der Waals surface area contributed by atoms with Crippen LogP contribution in [0.5, 0.6) is 0 Å². The van der Waals surface area contributed by atoms with Crippen LogP contribution in [0.1, 0.15) is 35.6 Å². The second-order valence-electron chi connectivity index (χ2n) is 8.92. The molecule has 8 nitrogen and oxygen atoms in total. The maximum Gasteiger partial charge on any atom is 0.321 e. The van der Waals surface area contributed by atoms with E-state index < -0.39 is 0 Å². The first-order valence-corrected chi connectivity index (χ1v) is 12.0. The number of urea groups is 1. The van der Waals surface area contributed by atoms with Gasteiger partial charge in [-0.2, -0.15) is 0 Å². The van der Waals surface area contributed by atoms with Crippen LogP contribution in [-0.2, 0) is 19.5 Å². The summed E-state index contributed by atoms with van der Waals surface area (Å²) in [6.07, 6.45) is 0.984. The zero-order valence-corrected chi connectivity index (χ0v) is 20.5. The van der Waals surface area contributed by atoms with Gasteiger partial charge in [0.05, 0.1) is 17.6 Å². The molecule has 0 bridgehead atoms. The van der Waals surface area contributed by atoms with Crippen molar-refractivity contribution >= 4 is 28.7 Å². The molecule has 8 heteroatoms. The topological polar surface area (TPSA) is 73.7 Å². The first-order valence-electron chi connectivity index (χ1n) is 12.0. The van der Waals surface area contributed by atoms with E-state index in [-0.39, 0.29) is 11.9 Å². The third-order valence-electron chi connectivity index (χ3n) is 6.43. The van der Waals surface area contributed by atoms with Gasteiger partial charge >= 0.3 is 6.03 Å². The molecule has 0 saturated carbocycles. The molecular weight excluding hydrogens is 428 g/mol. The molecule has 34 heavy (non-hydrogen) atoms. The van der Waals surface area contributed by atoms with Gasteiger partial charge in [-0.15, -0.1) is 0 Å². The number of anilines is 1. The Hall–Kier alpha value is -3.39. The minimum absolute atomic E-state index is 0.0230. The lowest BCUT2D eigenvalue weighted by atomic mass is 10.1. The van der Waals surface area contributed by atoms with Crippen LogP contribution in [-0.4, -0.2) is 76.5 Å². The number of hydrogen-bond donors (Lipinski definition) is 1. The number of rotatable bonds is 6. The highest BCUT2D eigenvalue weighted by atomic mass is 16.2. The summed E-state index contributed by atoms with van der Waals surface area (Å²) in [7, 11) is 3.51. The standard InChI is InChI=1S/C26H34N6O2/c1-5-19-7-10-21(11-8-19)27-26(34)31-15-13-30(14-16-31)18-24-28-22-17-20(25(33)29(3)4)9-12-23(22)32(24)6-2/h7-12,17H,5-6,13-16,18H2,1-4H3,(H,27,34). The van der Waals surface area contributed by atoms with E-state index in [0.717, 1.165) is 48.6 Å². The monoisotopic (exact) mass is 462 g/mol. The minimum atomic E-state index is -0.0530. The molecule has 0 spiro atoms. The van der Waals surface area contributed by atoms with Gasteiger partial charge in [0, 0.05) is 58.1 Å². The number of imidazole rings is 1. The Bertz CT molecular complexity index is 1160. The number of nitrogens with zero attached hydrogens (tertiary/aromatic N) is 5. The molecule has 1 saturated heterocycles. The minimum Gasteiger partial charge on any atom is -0.345 e. The van der Waals surface area contributed by atoms with Crippen molar-refractivity contribution in [2.24, 2.45) is 0 Å². The van der Waals surface area contributed by atoms with Crippen LogP contribution < -0.4 is 5.32 Å². The summed E-state index contributed by atoms with van der Waals surface area (Å²) in [5, 5.41) is 3.01. The lowest BCUT2D eigenvalue weighted by Gasteiger charge is -2.34. The first-order chi connectivity index (χ1) is 16.4. The lowest BCUT2D eigenvalue weighted by molar-refractivity contribution is 0.0827. The van der Waals surface area contributed by atoms with Crippen molar-refractivity contribution in [2.45, 2.75) is 33.4 Å². The maximum atomic E-state index is 12.7. The Morgan fingerprint density at radius 2 is 1.71 bits per heavy atom. The van der Waals surface area contributed by atoms with Gasteiger partial charge in [-0.3, -0.25) is 9.69 Å². The Morgan fingerprint density at radius 3 is 2.32 bits per heavy atom. The van der Waals surface area contributed by atoms with Gasteiger partial charge < -0.3 is 19.7 Å². The molecule has 0 aliphatic carbocycles. The lowest BCUT2D eigenvalue weighted by Crippen LogP contribution is -2.49.